The first-order valence-corrected chi connectivity index (χ1v) is 12.2. The van der Waals surface area contributed by atoms with Crippen molar-refractivity contribution >= 4 is 46.1 Å². The van der Waals surface area contributed by atoms with Gasteiger partial charge in [0.1, 0.15) is 17.0 Å². The number of halogens is 1. The van der Waals surface area contributed by atoms with Crippen molar-refractivity contribution in [3.8, 4) is 5.88 Å². The third-order valence-corrected chi connectivity index (χ3v) is 6.89. The number of rotatable bonds is 7. The molecule has 0 bridgehead atoms. The Kier molecular flexibility index (Phi) is 6.75. The molecule has 2 aliphatic heterocycles. The van der Waals surface area contributed by atoms with E-state index in [0.29, 0.717) is 61.2 Å². The average Bonchev–Trinajstić information content (AvgIpc) is 2.86. The molecule has 0 spiro atoms. The lowest BCUT2D eigenvalue weighted by molar-refractivity contribution is -0.121. The van der Waals surface area contributed by atoms with Gasteiger partial charge in [0.05, 0.1) is 41.7 Å². The van der Waals surface area contributed by atoms with Crippen LogP contribution in [0, 0.1) is 5.82 Å². The van der Waals surface area contributed by atoms with Crippen LogP contribution in [0.2, 0.25) is 0 Å². The van der Waals surface area contributed by atoms with E-state index in [1.54, 1.807) is 12.1 Å². The number of thioether (sulfide) groups is 1. The van der Waals surface area contributed by atoms with Crippen LogP contribution in [0.5, 0.6) is 5.88 Å². The number of carbonyl (C=O) groups excluding carboxylic acids is 2. The van der Waals surface area contributed by atoms with Crippen molar-refractivity contribution in [1.82, 2.24) is 25.2 Å². The van der Waals surface area contributed by atoms with Gasteiger partial charge in [-0.05, 0) is 18.2 Å². The fraction of sp³-hybridized carbons (Fsp3) is 0.348. The fourth-order valence-corrected chi connectivity index (χ4v) is 4.85. The second-order valence-electron chi connectivity index (χ2n) is 8.16. The number of amides is 2. The molecule has 1 fully saturated rings. The molecule has 2 amide bonds. The Morgan fingerprint density at radius 1 is 1.20 bits per heavy atom. The summed E-state index contributed by atoms with van der Waals surface area (Å²) in [6, 6.07) is 7.25. The molecule has 12 heteroatoms. The van der Waals surface area contributed by atoms with Gasteiger partial charge in [0.2, 0.25) is 17.7 Å². The summed E-state index contributed by atoms with van der Waals surface area (Å²) in [5.74, 6) is 0.518. The lowest BCUT2D eigenvalue weighted by atomic mass is 10.2. The van der Waals surface area contributed by atoms with Crippen molar-refractivity contribution in [2.24, 2.45) is 0 Å². The number of hydrogen-bond acceptors (Lipinski definition) is 9. The fourth-order valence-electron chi connectivity index (χ4n) is 4.09. The van der Waals surface area contributed by atoms with E-state index in [1.807, 2.05) is 17.0 Å². The molecule has 2 aliphatic rings. The summed E-state index contributed by atoms with van der Waals surface area (Å²) in [6.45, 7) is 2.97. The van der Waals surface area contributed by atoms with Gasteiger partial charge < -0.3 is 20.3 Å². The minimum atomic E-state index is -0.589. The molecule has 5 heterocycles. The molecular weight excluding hydrogens is 473 g/mol. The number of methoxy groups -OCH3 is 1. The molecule has 10 nitrogen and oxygen atoms in total. The number of pyridine rings is 3. The second-order valence-corrected chi connectivity index (χ2v) is 9.18. The van der Waals surface area contributed by atoms with Crippen molar-refractivity contribution in [3.63, 3.8) is 0 Å². The van der Waals surface area contributed by atoms with Crippen molar-refractivity contribution in [1.29, 1.82) is 0 Å². The van der Waals surface area contributed by atoms with Crippen molar-refractivity contribution in [3.05, 3.63) is 42.0 Å². The van der Waals surface area contributed by atoms with Gasteiger partial charge in [0.15, 0.2) is 5.82 Å². The van der Waals surface area contributed by atoms with Crippen LogP contribution in [-0.4, -0.2) is 77.3 Å². The van der Waals surface area contributed by atoms with Gasteiger partial charge in [-0.3, -0.25) is 19.5 Å². The number of piperazine rings is 1. The first kappa shape index (κ1) is 23.4. The Morgan fingerprint density at radius 3 is 2.91 bits per heavy atom. The molecule has 0 aliphatic carbocycles. The largest absolute Gasteiger partial charge is 0.481 e. The van der Waals surface area contributed by atoms with E-state index in [1.165, 1.54) is 23.8 Å². The standard InChI is InChI=1S/C23H24FN7O3S/c1-34-19-5-3-16-21(29-19)22(15(24)11-26-16)31-9-8-30(12-20(31)33)7-6-25-10-14-2-4-17-23(27-14)28-18(32)13-35-17/h2-5,11,25H,6-10,12-13H2,1H3,(H,27,28,32). The number of ether oxygens (including phenoxy) is 1. The quantitative estimate of drug-likeness (QED) is 0.471. The summed E-state index contributed by atoms with van der Waals surface area (Å²) in [5.41, 5.74) is 1.77. The van der Waals surface area contributed by atoms with Crippen molar-refractivity contribution in [2.45, 2.75) is 11.4 Å². The van der Waals surface area contributed by atoms with Crippen LogP contribution in [-0.2, 0) is 16.1 Å². The van der Waals surface area contributed by atoms with Gasteiger partial charge in [-0.25, -0.2) is 14.4 Å². The predicted octanol–water partition coefficient (Wildman–Crippen LogP) is 1.66. The van der Waals surface area contributed by atoms with Gasteiger partial charge in [-0.15, -0.1) is 11.8 Å². The summed E-state index contributed by atoms with van der Waals surface area (Å²) < 4.78 is 19.9. The molecule has 1 saturated heterocycles. The molecule has 0 saturated carbocycles. The van der Waals surface area contributed by atoms with Gasteiger partial charge in [0, 0.05) is 38.8 Å². The summed E-state index contributed by atoms with van der Waals surface area (Å²) >= 11 is 1.48. The number of hydrogen-bond donors (Lipinski definition) is 2. The number of anilines is 2. The van der Waals surface area contributed by atoms with E-state index in [2.05, 4.69) is 25.6 Å². The summed E-state index contributed by atoms with van der Waals surface area (Å²) in [7, 11) is 1.48. The highest BCUT2D eigenvalue weighted by Gasteiger charge is 2.29. The molecular formula is C23H24FN7O3S. The van der Waals surface area contributed by atoms with Crippen LogP contribution >= 0.6 is 11.8 Å². The van der Waals surface area contributed by atoms with Crippen LogP contribution in [0.25, 0.3) is 11.0 Å². The Hall–Kier alpha value is -3.35. The lowest BCUT2D eigenvalue weighted by Crippen LogP contribution is -2.52. The van der Waals surface area contributed by atoms with E-state index in [0.717, 1.165) is 16.8 Å². The highest BCUT2D eigenvalue weighted by atomic mass is 32.2. The minimum Gasteiger partial charge on any atom is -0.481 e. The molecule has 182 valence electrons. The molecule has 2 N–H and O–H groups in total. The Morgan fingerprint density at radius 2 is 2.09 bits per heavy atom. The first-order chi connectivity index (χ1) is 17.0. The number of fused-ring (bicyclic) bond motifs is 2. The molecule has 35 heavy (non-hydrogen) atoms. The zero-order chi connectivity index (χ0) is 24.4. The normalized spacial score (nSPS) is 16.3. The number of nitrogens with one attached hydrogen (secondary N) is 2. The topological polar surface area (TPSA) is 113 Å². The maximum atomic E-state index is 14.8. The van der Waals surface area contributed by atoms with E-state index < -0.39 is 5.82 Å². The van der Waals surface area contributed by atoms with Crippen molar-refractivity contribution in [2.75, 3.05) is 55.8 Å². The summed E-state index contributed by atoms with van der Waals surface area (Å²) in [5, 5.41) is 6.13. The summed E-state index contributed by atoms with van der Waals surface area (Å²) in [4.78, 5) is 41.9. The van der Waals surface area contributed by atoms with Gasteiger partial charge >= 0.3 is 0 Å². The Bertz CT molecular complexity index is 1290. The van der Waals surface area contributed by atoms with Gasteiger partial charge in [-0.2, -0.15) is 0 Å². The number of aromatic nitrogens is 3. The Labute approximate surface area is 205 Å². The van der Waals surface area contributed by atoms with Crippen LogP contribution in [0.1, 0.15) is 5.69 Å². The number of nitrogens with zero attached hydrogens (tertiary/aromatic N) is 5. The molecule has 0 radical (unpaired) electrons. The average molecular weight is 498 g/mol. The van der Waals surface area contributed by atoms with Crippen LogP contribution in [0.4, 0.5) is 15.9 Å². The molecule has 3 aromatic heterocycles. The zero-order valence-corrected chi connectivity index (χ0v) is 19.9. The van der Waals surface area contributed by atoms with Crippen LogP contribution < -0.4 is 20.3 Å². The van der Waals surface area contributed by atoms with Gasteiger partial charge in [0.25, 0.3) is 0 Å². The molecule has 5 rings (SSSR count). The Balaban J connectivity index is 1.17. The third kappa shape index (κ3) is 5.04. The highest BCUT2D eigenvalue weighted by Crippen LogP contribution is 2.31. The predicted molar refractivity (Wildman–Crippen MR) is 130 cm³/mol. The molecule has 3 aromatic rings. The van der Waals surface area contributed by atoms with Crippen molar-refractivity contribution < 1.29 is 18.7 Å². The maximum Gasteiger partial charge on any atom is 0.241 e. The maximum absolute atomic E-state index is 14.8. The van der Waals surface area contributed by atoms with Gasteiger partial charge in [-0.1, -0.05) is 0 Å². The monoisotopic (exact) mass is 497 g/mol. The second kappa shape index (κ2) is 10.1. The van der Waals surface area contributed by atoms with E-state index in [4.69, 9.17) is 4.74 Å². The summed E-state index contributed by atoms with van der Waals surface area (Å²) in [6.07, 6.45) is 1.12. The first-order valence-electron chi connectivity index (χ1n) is 11.2. The lowest BCUT2D eigenvalue weighted by Gasteiger charge is -2.34. The molecule has 0 unspecified atom stereocenters. The van der Waals surface area contributed by atoms with E-state index in [9.17, 15) is 14.0 Å². The van der Waals surface area contributed by atoms with E-state index in [-0.39, 0.29) is 24.0 Å². The van der Waals surface area contributed by atoms with Crippen LogP contribution in [0.15, 0.2) is 35.4 Å². The van der Waals surface area contributed by atoms with Crippen LogP contribution in [0.3, 0.4) is 0 Å². The highest BCUT2D eigenvalue weighted by molar-refractivity contribution is 8.00. The molecule has 0 atom stereocenters. The zero-order valence-electron chi connectivity index (χ0n) is 19.1. The third-order valence-electron chi connectivity index (χ3n) is 5.84. The smallest absolute Gasteiger partial charge is 0.241 e. The SMILES string of the molecule is COc1ccc2ncc(F)c(N3CCN(CCNCc4ccc5c(n4)NC(=O)CS5)CC3=O)c2n1. The minimum absolute atomic E-state index is 0.0431. The molecule has 0 aromatic carbocycles. The number of carbonyl (C=O) groups is 2. The van der Waals surface area contributed by atoms with E-state index >= 15 is 0 Å².